The van der Waals surface area contributed by atoms with E-state index in [9.17, 15) is 14.3 Å². The number of pyridine rings is 1. The highest BCUT2D eigenvalue weighted by atomic mass is 35.5. The highest BCUT2D eigenvalue weighted by Gasteiger charge is 2.48. The number of amides is 1. The molecule has 6 heteroatoms. The standard InChI is InChI=1S/C13H8ClFN2O2/c14-7-1-4-11(16-6-7)13(19)9-3-2-8(15)5-10(9)17-12(13)18/h1-6,19H,(H,17,18). The Labute approximate surface area is 112 Å². The van der Waals surface area contributed by atoms with Crippen LogP contribution in [0.1, 0.15) is 11.3 Å². The van der Waals surface area contributed by atoms with Crippen LogP contribution in [0.2, 0.25) is 5.02 Å². The normalized spacial score (nSPS) is 21.1. The summed E-state index contributed by atoms with van der Waals surface area (Å²) in [6.07, 6.45) is 1.34. The average Bonchev–Trinajstić information content (AvgIpc) is 2.62. The first-order valence-electron chi connectivity index (χ1n) is 5.47. The summed E-state index contributed by atoms with van der Waals surface area (Å²) in [7, 11) is 0. The number of hydrogen-bond acceptors (Lipinski definition) is 3. The van der Waals surface area contributed by atoms with E-state index in [0.29, 0.717) is 5.02 Å². The van der Waals surface area contributed by atoms with Crippen LogP contribution in [0.4, 0.5) is 10.1 Å². The molecule has 2 N–H and O–H groups in total. The van der Waals surface area contributed by atoms with E-state index in [1.54, 1.807) is 0 Å². The van der Waals surface area contributed by atoms with Gasteiger partial charge in [0.25, 0.3) is 5.91 Å². The Morgan fingerprint density at radius 2 is 2.11 bits per heavy atom. The van der Waals surface area contributed by atoms with E-state index < -0.39 is 17.3 Å². The molecule has 0 saturated heterocycles. The third-order valence-electron chi connectivity index (χ3n) is 3.05. The third-order valence-corrected chi connectivity index (χ3v) is 3.27. The quantitative estimate of drug-likeness (QED) is 0.839. The van der Waals surface area contributed by atoms with Gasteiger partial charge in [-0.2, -0.15) is 0 Å². The summed E-state index contributed by atoms with van der Waals surface area (Å²) in [5, 5.41) is 13.5. The lowest BCUT2D eigenvalue weighted by Gasteiger charge is -2.20. The molecule has 0 fully saturated rings. The van der Waals surface area contributed by atoms with Crippen molar-refractivity contribution < 1.29 is 14.3 Å². The second-order valence-electron chi connectivity index (χ2n) is 4.22. The fraction of sp³-hybridized carbons (Fsp3) is 0.0769. The van der Waals surface area contributed by atoms with Gasteiger partial charge in [0.1, 0.15) is 5.82 Å². The number of aromatic nitrogens is 1. The largest absolute Gasteiger partial charge is 0.370 e. The van der Waals surface area contributed by atoms with Gasteiger partial charge >= 0.3 is 0 Å². The number of carbonyl (C=O) groups is 1. The van der Waals surface area contributed by atoms with Gasteiger partial charge in [0.05, 0.1) is 16.4 Å². The number of halogens is 2. The van der Waals surface area contributed by atoms with Crippen LogP contribution >= 0.6 is 11.6 Å². The van der Waals surface area contributed by atoms with Gasteiger partial charge in [-0.3, -0.25) is 9.78 Å². The first kappa shape index (κ1) is 12.1. The molecule has 4 nitrogen and oxygen atoms in total. The van der Waals surface area contributed by atoms with Crippen LogP contribution in [0.15, 0.2) is 36.5 Å². The average molecular weight is 279 g/mol. The van der Waals surface area contributed by atoms with Crippen molar-refractivity contribution in [3.63, 3.8) is 0 Å². The molecule has 1 aliphatic heterocycles. The van der Waals surface area contributed by atoms with Gasteiger partial charge in [-0.1, -0.05) is 17.7 Å². The molecule has 0 aliphatic carbocycles. The van der Waals surface area contributed by atoms with Crippen LogP contribution < -0.4 is 5.32 Å². The number of benzene rings is 1. The summed E-state index contributed by atoms with van der Waals surface area (Å²) in [6.45, 7) is 0. The second kappa shape index (κ2) is 4.01. The van der Waals surface area contributed by atoms with Crippen molar-refractivity contribution in [1.82, 2.24) is 4.98 Å². The molecule has 3 rings (SSSR count). The van der Waals surface area contributed by atoms with Crippen LogP contribution in [0.3, 0.4) is 0 Å². The maximum absolute atomic E-state index is 13.1. The predicted molar refractivity (Wildman–Crippen MR) is 67.3 cm³/mol. The molecule has 0 saturated carbocycles. The van der Waals surface area contributed by atoms with E-state index in [4.69, 9.17) is 11.6 Å². The molecule has 1 aromatic carbocycles. The maximum atomic E-state index is 13.1. The van der Waals surface area contributed by atoms with Crippen LogP contribution in [0.25, 0.3) is 0 Å². The molecule has 2 heterocycles. The Morgan fingerprint density at radius 1 is 1.32 bits per heavy atom. The topological polar surface area (TPSA) is 62.2 Å². The Kier molecular flexibility index (Phi) is 2.55. The first-order valence-corrected chi connectivity index (χ1v) is 5.85. The molecule has 96 valence electrons. The number of fused-ring (bicyclic) bond motifs is 1. The zero-order chi connectivity index (χ0) is 13.6. The first-order chi connectivity index (χ1) is 9.01. The van der Waals surface area contributed by atoms with Gasteiger partial charge in [0, 0.05) is 11.8 Å². The SMILES string of the molecule is O=C1Nc2cc(F)ccc2C1(O)c1ccc(Cl)cn1. The number of rotatable bonds is 1. The number of nitrogens with one attached hydrogen (secondary N) is 1. The number of nitrogens with zero attached hydrogens (tertiary/aromatic N) is 1. The molecule has 19 heavy (non-hydrogen) atoms. The lowest BCUT2D eigenvalue weighted by molar-refractivity contribution is -0.130. The van der Waals surface area contributed by atoms with E-state index in [1.165, 1.54) is 30.5 Å². The van der Waals surface area contributed by atoms with Gasteiger partial charge in [0.2, 0.25) is 5.60 Å². The molecule has 0 bridgehead atoms. The van der Waals surface area contributed by atoms with E-state index in [1.807, 2.05) is 0 Å². The van der Waals surface area contributed by atoms with Gasteiger partial charge in [-0.05, 0) is 24.3 Å². The Morgan fingerprint density at radius 3 is 2.79 bits per heavy atom. The predicted octanol–water partition coefficient (Wildman–Crippen LogP) is 2.06. The van der Waals surface area contributed by atoms with Gasteiger partial charge in [-0.25, -0.2) is 4.39 Å². The van der Waals surface area contributed by atoms with Crippen LogP contribution in [0, 0.1) is 5.82 Å². The molecule has 1 atom stereocenters. The molecule has 1 aliphatic rings. The van der Waals surface area contributed by atoms with Crippen molar-refractivity contribution in [1.29, 1.82) is 0 Å². The number of aliphatic hydroxyl groups is 1. The fourth-order valence-electron chi connectivity index (χ4n) is 2.11. The van der Waals surface area contributed by atoms with Gasteiger partial charge in [-0.15, -0.1) is 0 Å². The molecular formula is C13H8ClFN2O2. The Balaban J connectivity index is 2.19. The number of carbonyl (C=O) groups excluding carboxylic acids is 1. The Bertz CT molecular complexity index is 675. The van der Waals surface area contributed by atoms with Crippen molar-refractivity contribution in [2.24, 2.45) is 0 Å². The third kappa shape index (κ3) is 1.70. The Hall–Kier alpha value is -1.98. The summed E-state index contributed by atoms with van der Waals surface area (Å²) in [6, 6.07) is 6.68. The zero-order valence-electron chi connectivity index (χ0n) is 9.52. The minimum absolute atomic E-state index is 0.139. The fourth-order valence-corrected chi connectivity index (χ4v) is 2.23. The van der Waals surface area contributed by atoms with Crippen LogP contribution in [-0.4, -0.2) is 16.0 Å². The van der Waals surface area contributed by atoms with E-state index in [0.717, 1.165) is 6.07 Å². The summed E-state index contributed by atoms with van der Waals surface area (Å²) < 4.78 is 13.1. The number of anilines is 1. The minimum Gasteiger partial charge on any atom is -0.370 e. The maximum Gasteiger partial charge on any atom is 0.267 e. The van der Waals surface area contributed by atoms with Crippen molar-refractivity contribution in [2.75, 3.05) is 5.32 Å². The summed E-state index contributed by atoms with van der Waals surface area (Å²) in [5.74, 6) is -1.16. The van der Waals surface area contributed by atoms with Gasteiger partial charge < -0.3 is 10.4 Å². The van der Waals surface area contributed by atoms with Crippen molar-refractivity contribution >= 4 is 23.2 Å². The molecular weight excluding hydrogens is 271 g/mol. The lowest BCUT2D eigenvalue weighted by Crippen LogP contribution is -2.36. The smallest absolute Gasteiger partial charge is 0.267 e. The lowest BCUT2D eigenvalue weighted by atomic mass is 9.91. The minimum atomic E-state index is -1.92. The van der Waals surface area contributed by atoms with Crippen LogP contribution in [-0.2, 0) is 10.4 Å². The monoisotopic (exact) mass is 278 g/mol. The molecule has 1 aromatic heterocycles. The second-order valence-corrected chi connectivity index (χ2v) is 4.65. The highest BCUT2D eigenvalue weighted by Crippen LogP contribution is 2.40. The van der Waals surface area contributed by atoms with Gasteiger partial charge in [0.15, 0.2) is 0 Å². The summed E-state index contributed by atoms with van der Waals surface area (Å²) >= 11 is 5.73. The molecule has 2 aromatic rings. The highest BCUT2D eigenvalue weighted by molar-refractivity contribution is 6.30. The summed E-state index contributed by atoms with van der Waals surface area (Å²) in [5.41, 5.74) is -1.27. The van der Waals surface area contributed by atoms with E-state index in [2.05, 4.69) is 10.3 Å². The van der Waals surface area contributed by atoms with Crippen LogP contribution in [0.5, 0.6) is 0 Å². The molecule has 1 unspecified atom stereocenters. The molecule has 1 amide bonds. The van der Waals surface area contributed by atoms with E-state index in [-0.39, 0.29) is 16.9 Å². The molecule has 0 radical (unpaired) electrons. The van der Waals surface area contributed by atoms with Crippen molar-refractivity contribution in [3.05, 3.63) is 58.6 Å². The van der Waals surface area contributed by atoms with Crippen molar-refractivity contribution in [3.8, 4) is 0 Å². The zero-order valence-corrected chi connectivity index (χ0v) is 10.3. The summed E-state index contributed by atoms with van der Waals surface area (Å²) in [4.78, 5) is 16.0. The van der Waals surface area contributed by atoms with Crippen molar-refractivity contribution in [2.45, 2.75) is 5.60 Å². The number of hydrogen-bond donors (Lipinski definition) is 2. The van der Waals surface area contributed by atoms with E-state index >= 15 is 0 Å². The molecule has 0 spiro atoms.